The van der Waals surface area contributed by atoms with Crippen LogP contribution in [-0.2, 0) is 15.1 Å². The smallest absolute Gasteiger partial charge is 0.325 e. The van der Waals surface area contributed by atoms with Gasteiger partial charge in [0.05, 0.1) is 0 Å². The average molecular weight is 374 g/mol. The van der Waals surface area contributed by atoms with E-state index in [4.69, 9.17) is 0 Å². The van der Waals surface area contributed by atoms with Gasteiger partial charge in [-0.3, -0.25) is 19.8 Å². The zero-order valence-electron chi connectivity index (χ0n) is 16.3. The molecule has 8 nitrogen and oxygen atoms in total. The minimum absolute atomic E-state index is 0.147. The topological polar surface area (TPSA) is 108 Å². The minimum Gasteiger partial charge on any atom is -0.336 e. The maximum absolute atomic E-state index is 12.8. The van der Waals surface area contributed by atoms with Crippen molar-refractivity contribution in [1.82, 2.24) is 20.9 Å². The first-order chi connectivity index (χ1) is 12.5. The van der Waals surface area contributed by atoms with Gasteiger partial charge in [0.15, 0.2) is 0 Å². The Hall–Kier alpha value is -2.90. The van der Waals surface area contributed by atoms with E-state index >= 15 is 0 Å². The molecule has 0 radical (unpaired) electrons. The second-order valence-corrected chi connectivity index (χ2v) is 7.40. The van der Waals surface area contributed by atoms with Crippen molar-refractivity contribution in [2.75, 3.05) is 6.54 Å². The molecule has 0 spiro atoms. The van der Waals surface area contributed by atoms with Crippen molar-refractivity contribution in [3.8, 4) is 0 Å². The van der Waals surface area contributed by atoms with Crippen LogP contribution in [0.4, 0.5) is 9.59 Å². The number of nitrogens with zero attached hydrogens (tertiary/aromatic N) is 1. The number of carbonyl (C=O) groups excluding carboxylic acids is 4. The number of rotatable bonds is 5. The summed E-state index contributed by atoms with van der Waals surface area (Å²) in [5.74, 6) is -0.932. The molecule has 0 saturated carbocycles. The summed E-state index contributed by atoms with van der Waals surface area (Å²) in [7, 11) is 0. The van der Waals surface area contributed by atoms with E-state index in [1.54, 1.807) is 32.9 Å². The monoisotopic (exact) mass is 374 g/mol. The second kappa shape index (κ2) is 7.77. The minimum atomic E-state index is -1.26. The van der Waals surface area contributed by atoms with Crippen LogP contribution in [0.25, 0.3) is 0 Å². The van der Waals surface area contributed by atoms with E-state index in [1.165, 1.54) is 0 Å². The number of imide groups is 2. The molecule has 6 amide bonds. The zero-order chi connectivity index (χ0) is 20.4. The molecule has 0 unspecified atom stereocenters. The molecule has 27 heavy (non-hydrogen) atoms. The van der Waals surface area contributed by atoms with E-state index in [-0.39, 0.29) is 6.04 Å². The maximum Gasteiger partial charge on any atom is 0.325 e. The van der Waals surface area contributed by atoms with Crippen molar-refractivity contribution in [1.29, 1.82) is 0 Å². The number of carbonyl (C=O) groups is 4. The van der Waals surface area contributed by atoms with E-state index in [2.05, 4.69) is 29.8 Å². The fraction of sp³-hybridized carbons (Fsp3) is 0.474. The van der Waals surface area contributed by atoms with Gasteiger partial charge in [-0.15, -0.1) is 0 Å². The molecule has 1 saturated heterocycles. The summed E-state index contributed by atoms with van der Waals surface area (Å²) in [6.07, 6.45) is 0. The van der Waals surface area contributed by atoms with Crippen LogP contribution in [0.5, 0.6) is 0 Å². The van der Waals surface area contributed by atoms with E-state index < -0.39 is 36.0 Å². The normalized spacial score (nSPS) is 19.4. The molecule has 1 fully saturated rings. The van der Waals surface area contributed by atoms with Crippen molar-refractivity contribution in [3.05, 3.63) is 35.4 Å². The van der Waals surface area contributed by atoms with Crippen molar-refractivity contribution < 1.29 is 19.2 Å². The lowest BCUT2D eigenvalue weighted by atomic mass is 9.90. The molecule has 2 rings (SSSR count). The summed E-state index contributed by atoms with van der Waals surface area (Å²) in [6, 6.07) is 5.93. The summed E-state index contributed by atoms with van der Waals surface area (Å²) < 4.78 is 0. The zero-order valence-corrected chi connectivity index (χ0v) is 16.3. The first-order valence-electron chi connectivity index (χ1n) is 8.89. The number of nitrogens with one attached hydrogen (secondary N) is 3. The average Bonchev–Trinajstić information content (AvgIpc) is 2.78. The number of hydrogen-bond donors (Lipinski definition) is 3. The lowest BCUT2D eigenvalue weighted by Gasteiger charge is -2.22. The molecule has 1 aliphatic rings. The van der Waals surface area contributed by atoms with Crippen LogP contribution in [0.3, 0.4) is 0 Å². The summed E-state index contributed by atoms with van der Waals surface area (Å²) in [4.78, 5) is 49.5. The standard InChI is InChI=1S/C19H26N4O4/c1-11(2)13-6-8-14(9-7-13)19(5)16(25)23(18(27)22-19)10-15(24)21-17(26)20-12(3)4/h6-9,11-12H,10H2,1-5H3,(H,22,27)(H2,20,21,24,26)/t19-/m0/s1. The van der Waals surface area contributed by atoms with Gasteiger partial charge in [0, 0.05) is 6.04 Å². The van der Waals surface area contributed by atoms with Gasteiger partial charge < -0.3 is 10.6 Å². The molecule has 0 bridgehead atoms. The molecule has 1 aliphatic heterocycles. The van der Waals surface area contributed by atoms with Crippen molar-refractivity contribution in [3.63, 3.8) is 0 Å². The van der Waals surface area contributed by atoms with Gasteiger partial charge in [-0.1, -0.05) is 38.1 Å². The van der Waals surface area contributed by atoms with Crippen molar-refractivity contribution in [2.45, 2.75) is 52.1 Å². The van der Waals surface area contributed by atoms with Gasteiger partial charge in [0.1, 0.15) is 12.1 Å². The highest BCUT2D eigenvalue weighted by molar-refractivity contribution is 6.10. The Labute approximate surface area is 158 Å². The fourth-order valence-electron chi connectivity index (χ4n) is 2.85. The fourth-order valence-corrected chi connectivity index (χ4v) is 2.85. The molecule has 0 aromatic heterocycles. The molecular formula is C19H26N4O4. The summed E-state index contributed by atoms with van der Waals surface area (Å²) in [5, 5.41) is 7.25. The van der Waals surface area contributed by atoms with Crippen molar-refractivity contribution in [2.24, 2.45) is 0 Å². The Bertz CT molecular complexity index is 757. The number of hydrogen-bond acceptors (Lipinski definition) is 4. The Balaban J connectivity index is 2.11. The molecule has 1 aromatic rings. The van der Waals surface area contributed by atoms with Crippen LogP contribution in [-0.4, -0.2) is 41.4 Å². The molecule has 1 atom stereocenters. The van der Waals surface area contributed by atoms with Gasteiger partial charge in [-0.05, 0) is 37.8 Å². The summed E-state index contributed by atoms with van der Waals surface area (Å²) >= 11 is 0. The third kappa shape index (κ3) is 4.45. The molecule has 0 aliphatic carbocycles. The first kappa shape index (κ1) is 20.4. The molecule has 1 heterocycles. The summed E-state index contributed by atoms with van der Waals surface area (Å²) in [5.41, 5.74) is 0.491. The highest BCUT2D eigenvalue weighted by atomic mass is 16.2. The van der Waals surface area contributed by atoms with E-state index in [0.29, 0.717) is 11.5 Å². The Morgan fingerprint density at radius 1 is 1.11 bits per heavy atom. The van der Waals surface area contributed by atoms with Crippen molar-refractivity contribution >= 4 is 23.9 Å². The molecule has 1 aromatic carbocycles. The number of amides is 6. The lowest BCUT2D eigenvalue weighted by molar-refractivity contribution is -0.134. The Kier molecular flexibility index (Phi) is 5.88. The summed E-state index contributed by atoms with van der Waals surface area (Å²) in [6.45, 7) is 8.69. The predicted octanol–water partition coefficient (Wildman–Crippen LogP) is 1.81. The van der Waals surface area contributed by atoms with Gasteiger partial charge in [-0.2, -0.15) is 0 Å². The quantitative estimate of drug-likeness (QED) is 0.683. The third-order valence-corrected chi connectivity index (χ3v) is 4.40. The van der Waals surface area contributed by atoms with Crippen LogP contribution >= 0.6 is 0 Å². The van der Waals surface area contributed by atoms with Crippen LogP contribution in [0.1, 0.15) is 51.7 Å². The van der Waals surface area contributed by atoms with Crippen LogP contribution < -0.4 is 16.0 Å². The largest absolute Gasteiger partial charge is 0.336 e. The predicted molar refractivity (Wildman–Crippen MR) is 99.9 cm³/mol. The lowest BCUT2D eigenvalue weighted by Crippen LogP contribution is -2.48. The van der Waals surface area contributed by atoms with Gasteiger partial charge >= 0.3 is 12.1 Å². The molecule has 8 heteroatoms. The van der Waals surface area contributed by atoms with E-state index in [0.717, 1.165) is 10.5 Å². The first-order valence-corrected chi connectivity index (χ1v) is 8.89. The molecule has 146 valence electrons. The third-order valence-electron chi connectivity index (χ3n) is 4.40. The number of benzene rings is 1. The van der Waals surface area contributed by atoms with Crippen LogP contribution in [0.15, 0.2) is 24.3 Å². The maximum atomic E-state index is 12.8. The van der Waals surface area contributed by atoms with Gasteiger partial charge in [0.25, 0.3) is 5.91 Å². The molecule has 3 N–H and O–H groups in total. The highest BCUT2D eigenvalue weighted by Crippen LogP contribution is 2.29. The Morgan fingerprint density at radius 3 is 2.22 bits per heavy atom. The number of urea groups is 2. The Morgan fingerprint density at radius 2 is 1.70 bits per heavy atom. The van der Waals surface area contributed by atoms with Gasteiger partial charge in [-0.25, -0.2) is 9.59 Å². The molecular weight excluding hydrogens is 348 g/mol. The van der Waals surface area contributed by atoms with Crippen LogP contribution in [0.2, 0.25) is 0 Å². The second-order valence-electron chi connectivity index (χ2n) is 7.40. The van der Waals surface area contributed by atoms with E-state index in [1.807, 2.05) is 12.1 Å². The van der Waals surface area contributed by atoms with E-state index in [9.17, 15) is 19.2 Å². The van der Waals surface area contributed by atoms with Crippen LogP contribution in [0, 0.1) is 0 Å². The SMILES string of the molecule is CC(C)NC(=O)NC(=O)CN1C(=O)N[C@@](C)(c2ccc(C(C)C)cc2)C1=O. The highest BCUT2D eigenvalue weighted by Gasteiger charge is 2.49. The van der Waals surface area contributed by atoms with Gasteiger partial charge in [0.2, 0.25) is 5.91 Å².